The summed E-state index contributed by atoms with van der Waals surface area (Å²) in [5.74, 6) is 4.17. The summed E-state index contributed by atoms with van der Waals surface area (Å²) in [5.41, 5.74) is 0.787. The Morgan fingerprint density at radius 2 is 1.63 bits per heavy atom. The van der Waals surface area contributed by atoms with E-state index < -0.39 is 4.92 Å². The first-order valence-corrected chi connectivity index (χ1v) is 12.7. The average Bonchev–Trinajstić information content (AvgIpc) is 2.74. The molecule has 0 saturated carbocycles. The van der Waals surface area contributed by atoms with Gasteiger partial charge in [0, 0.05) is 67.0 Å². The predicted octanol–water partition coefficient (Wildman–Crippen LogP) is 2.70. The van der Waals surface area contributed by atoms with Gasteiger partial charge in [-0.05, 0) is 24.4 Å². The van der Waals surface area contributed by atoms with Gasteiger partial charge in [0.1, 0.15) is 0 Å². The van der Waals surface area contributed by atoms with E-state index >= 15 is 0 Å². The highest BCUT2D eigenvalue weighted by molar-refractivity contribution is 7.99. The molecular weight excluding hydrogens is 444 g/mol. The smallest absolute Gasteiger partial charge is 0.269 e. The van der Waals surface area contributed by atoms with Crippen molar-refractivity contribution in [1.82, 2.24) is 10.2 Å². The molecule has 30 heavy (non-hydrogen) atoms. The molecule has 1 saturated heterocycles. The Bertz CT molecular complexity index is 621. The molecule has 1 aromatic rings. The summed E-state index contributed by atoms with van der Waals surface area (Å²) < 4.78 is 11.1. The monoisotopic (exact) mass is 474 g/mol. The normalized spacial score (nSPS) is 18.0. The largest absolute Gasteiger partial charge is 0.378 e. The van der Waals surface area contributed by atoms with E-state index in [1.807, 2.05) is 23.5 Å². The summed E-state index contributed by atoms with van der Waals surface area (Å²) in [6.07, 6.45) is 0. The second-order valence-corrected chi connectivity index (χ2v) is 9.33. The van der Waals surface area contributed by atoms with Gasteiger partial charge in [0.15, 0.2) is 5.11 Å². The van der Waals surface area contributed by atoms with Crippen LogP contribution in [0.4, 0.5) is 11.4 Å². The third kappa shape index (κ3) is 11.3. The number of rotatable bonds is 5. The fraction of sp³-hybridized carbons (Fsp3) is 0.632. The first kappa shape index (κ1) is 25.2. The molecule has 1 fully saturated rings. The molecule has 2 rings (SSSR count). The van der Waals surface area contributed by atoms with E-state index in [-0.39, 0.29) is 5.69 Å². The summed E-state index contributed by atoms with van der Waals surface area (Å²) in [6, 6.07) is 6.22. The molecule has 0 spiro atoms. The van der Waals surface area contributed by atoms with Crippen LogP contribution in [0.3, 0.4) is 0 Å². The van der Waals surface area contributed by atoms with Crippen molar-refractivity contribution < 1.29 is 14.4 Å². The minimum Gasteiger partial charge on any atom is -0.378 e. The van der Waals surface area contributed by atoms with Crippen LogP contribution in [0.5, 0.6) is 0 Å². The van der Waals surface area contributed by atoms with Gasteiger partial charge in [0.2, 0.25) is 0 Å². The van der Waals surface area contributed by atoms with Gasteiger partial charge in [0.25, 0.3) is 5.69 Å². The molecule has 0 atom stereocenters. The lowest BCUT2D eigenvalue weighted by atomic mass is 10.3. The molecule has 2 N–H and O–H groups in total. The Morgan fingerprint density at radius 3 is 2.20 bits per heavy atom. The van der Waals surface area contributed by atoms with Gasteiger partial charge in [-0.25, -0.2) is 0 Å². The number of ether oxygens (including phenoxy) is 2. The van der Waals surface area contributed by atoms with Gasteiger partial charge in [-0.1, -0.05) is 0 Å². The van der Waals surface area contributed by atoms with E-state index in [0.717, 1.165) is 68.1 Å². The van der Waals surface area contributed by atoms with Gasteiger partial charge < -0.3 is 20.1 Å². The van der Waals surface area contributed by atoms with Crippen LogP contribution in [0.25, 0.3) is 0 Å². The first-order chi connectivity index (χ1) is 14.6. The lowest BCUT2D eigenvalue weighted by molar-refractivity contribution is -0.384. The number of thiocarbonyl (C=S) groups is 1. The molecule has 1 aromatic carbocycles. The first-order valence-electron chi connectivity index (χ1n) is 9.98. The molecule has 0 aliphatic carbocycles. The summed E-state index contributed by atoms with van der Waals surface area (Å²) in [6.45, 7) is 6.60. The number of thioether (sulfide) groups is 2. The Hall–Kier alpha value is -1.11. The molecule has 0 aromatic heterocycles. The molecule has 8 nitrogen and oxygen atoms in total. The highest BCUT2D eigenvalue weighted by Crippen LogP contribution is 2.15. The van der Waals surface area contributed by atoms with Gasteiger partial charge in [-0.15, -0.1) is 0 Å². The third-order valence-corrected chi connectivity index (χ3v) is 6.37. The van der Waals surface area contributed by atoms with Crippen LogP contribution < -0.4 is 10.6 Å². The number of anilines is 1. The van der Waals surface area contributed by atoms with E-state index in [9.17, 15) is 10.1 Å². The highest BCUT2D eigenvalue weighted by Gasteiger charge is 2.08. The van der Waals surface area contributed by atoms with Crippen molar-refractivity contribution in [1.29, 1.82) is 0 Å². The number of non-ortho nitro benzene ring substituents is 1. The maximum atomic E-state index is 10.7. The molecule has 0 unspecified atom stereocenters. The number of nitro groups is 1. The van der Waals surface area contributed by atoms with Gasteiger partial charge in [-0.2, -0.15) is 23.5 Å². The van der Waals surface area contributed by atoms with Crippen LogP contribution in [0.15, 0.2) is 24.3 Å². The number of nitrogens with one attached hydrogen (secondary N) is 2. The zero-order valence-electron chi connectivity index (χ0n) is 17.0. The fourth-order valence-corrected chi connectivity index (χ4v) is 4.53. The van der Waals surface area contributed by atoms with Crippen LogP contribution in [0.1, 0.15) is 0 Å². The van der Waals surface area contributed by atoms with E-state index in [4.69, 9.17) is 21.7 Å². The molecule has 0 bridgehead atoms. The van der Waals surface area contributed by atoms with Crippen LogP contribution in [-0.2, 0) is 9.47 Å². The Labute approximate surface area is 192 Å². The number of nitrogens with zero attached hydrogens (tertiary/aromatic N) is 2. The minimum atomic E-state index is -0.417. The number of nitro benzene ring substituents is 1. The van der Waals surface area contributed by atoms with Crippen molar-refractivity contribution in [2.75, 3.05) is 80.9 Å². The topological polar surface area (TPSA) is 88.9 Å². The second-order valence-electron chi connectivity index (χ2n) is 6.48. The molecule has 1 heterocycles. The van der Waals surface area contributed by atoms with Crippen LogP contribution in [0.2, 0.25) is 0 Å². The fourth-order valence-electron chi connectivity index (χ4n) is 2.65. The lowest BCUT2D eigenvalue weighted by Gasteiger charge is -2.22. The van der Waals surface area contributed by atoms with E-state index in [1.165, 1.54) is 12.1 Å². The van der Waals surface area contributed by atoms with Crippen molar-refractivity contribution in [2.24, 2.45) is 0 Å². The quantitative estimate of drug-likeness (QED) is 0.377. The Kier molecular flexibility index (Phi) is 13.1. The van der Waals surface area contributed by atoms with E-state index in [1.54, 1.807) is 12.1 Å². The van der Waals surface area contributed by atoms with Crippen molar-refractivity contribution in [3.63, 3.8) is 0 Å². The van der Waals surface area contributed by atoms with Crippen molar-refractivity contribution in [2.45, 2.75) is 0 Å². The standard InChI is InChI=1S/C19H30N4O4S3/c24-23(25)18-3-1-17(2-4-18)21-19(28)20-5-6-22-7-13-29-15-11-26-9-10-27-12-16-30-14-8-22/h1-4H,5-16H2,(H2,20,21,28). The summed E-state index contributed by atoms with van der Waals surface area (Å²) in [5, 5.41) is 17.5. The van der Waals surface area contributed by atoms with Crippen LogP contribution in [0, 0.1) is 10.1 Å². The molecule has 1 aliphatic rings. The van der Waals surface area contributed by atoms with E-state index in [0.29, 0.717) is 18.3 Å². The zero-order valence-corrected chi connectivity index (χ0v) is 19.5. The van der Waals surface area contributed by atoms with Crippen molar-refractivity contribution in [3.05, 3.63) is 34.4 Å². The molecule has 11 heteroatoms. The molecule has 168 valence electrons. The predicted molar refractivity (Wildman–Crippen MR) is 130 cm³/mol. The average molecular weight is 475 g/mol. The Balaban J connectivity index is 1.69. The van der Waals surface area contributed by atoms with Crippen molar-refractivity contribution in [3.8, 4) is 0 Å². The maximum absolute atomic E-state index is 10.7. The summed E-state index contributed by atoms with van der Waals surface area (Å²) in [7, 11) is 0. The second kappa shape index (κ2) is 15.7. The van der Waals surface area contributed by atoms with Crippen molar-refractivity contribution >= 4 is 52.2 Å². The van der Waals surface area contributed by atoms with Crippen LogP contribution in [-0.4, -0.2) is 90.6 Å². The molecular formula is C19H30N4O4S3. The molecule has 1 aliphatic heterocycles. The number of benzene rings is 1. The summed E-state index contributed by atoms with van der Waals surface area (Å²) >= 11 is 9.16. The van der Waals surface area contributed by atoms with Gasteiger partial charge >= 0.3 is 0 Å². The Morgan fingerprint density at radius 1 is 1.03 bits per heavy atom. The minimum absolute atomic E-state index is 0.0607. The van der Waals surface area contributed by atoms with E-state index in [2.05, 4.69) is 15.5 Å². The maximum Gasteiger partial charge on any atom is 0.269 e. The van der Waals surface area contributed by atoms with Crippen LogP contribution >= 0.6 is 35.7 Å². The molecule has 0 radical (unpaired) electrons. The van der Waals surface area contributed by atoms with Gasteiger partial charge in [-0.3, -0.25) is 15.0 Å². The van der Waals surface area contributed by atoms with Gasteiger partial charge in [0.05, 0.1) is 31.4 Å². The highest BCUT2D eigenvalue weighted by atomic mass is 32.2. The molecule has 0 amide bonds. The number of hydrogen-bond donors (Lipinski definition) is 2. The lowest BCUT2D eigenvalue weighted by Crippen LogP contribution is -2.38. The summed E-state index contributed by atoms with van der Waals surface area (Å²) in [4.78, 5) is 12.8. The third-order valence-electron chi connectivity index (χ3n) is 4.27. The number of hydrogen-bond acceptors (Lipinski definition) is 8. The zero-order chi connectivity index (χ0) is 21.4. The SMILES string of the molecule is O=[N+]([O-])c1ccc(NC(=S)NCCN2CCSCCOCCOCCSCC2)cc1.